The van der Waals surface area contributed by atoms with E-state index in [4.69, 9.17) is 9.84 Å². The Morgan fingerprint density at radius 2 is 1.46 bits per heavy atom. The number of carbonyl (C=O) groups is 3. The molecule has 4 rings (SSSR count). The van der Waals surface area contributed by atoms with Gasteiger partial charge in [-0.1, -0.05) is 78.9 Å². The number of hydrogen-bond donors (Lipinski definition) is 3. The summed E-state index contributed by atoms with van der Waals surface area (Å²) in [6.07, 6.45) is -0.161. The monoisotopic (exact) mass is 472 g/mol. The molecule has 0 aliphatic heterocycles. The standard InChI is InChI=1S/C28H28N2O5/c31-26(30-25(17-27(32)33)19-9-2-1-3-10-19)15-8-16-29-28(34)35-18-24-22-13-6-4-11-20(22)21-12-5-7-14-23(21)24/h1-7,9-14,24-25H,8,15-18H2,(H,29,34)(H,30,31)(H,32,33). The zero-order valence-electron chi connectivity index (χ0n) is 19.3. The van der Waals surface area contributed by atoms with E-state index in [1.165, 1.54) is 11.1 Å². The maximum Gasteiger partial charge on any atom is 0.407 e. The lowest BCUT2D eigenvalue weighted by atomic mass is 9.98. The van der Waals surface area contributed by atoms with Gasteiger partial charge >= 0.3 is 12.1 Å². The van der Waals surface area contributed by atoms with Crippen molar-refractivity contribution in [2.45, 2.75) is 31.2 Å². The predicted molar refractivity (Wildman–Crippen MR) is 132 cm³/mol. The minimum Gasteiger partial charge on any atom is -0.481 e. The molecule has 7 nitrogen and oxygen atoms in total. The predicted octanol–water partition coefficient (Wildman–Crippen LogP) is 4.64. The van der Waals surface area contributed by atoms with Gasteiger partial charge < -0.3 is 20.5 Å². The fraction of sp³-hybridized carbons (Fsp3) is 0.250. The van der Waals surface area contributed by atoms with Crippen LogP contribution in [0.15, 0.2) is 78.9 Å². The van der Waals surface area contributed by atoms with Crippen LogP contribution >= 0.6 is 0 Å². The third-order valence-electron chi connectivity index (χ3n) is 6.11. The molecular formula is C28H28N2O5. The molecule has 3 aromatic rings. The minimum absolute atomic E-state index is 0.0110. The second kappa shape index (κ2) is 11.3. The van der Waals surface area contributed by atoms with Crippen molar-refractivity contribution in [3.8, 4) is 11.1 Å². The lowest BCUT2D eigenvalue weighted by Gasteiger charge is -2.17. The van der Waals surface area contributed by atoms with E-state index in [9.17, 15) is 14.4 Å². The first kappa shape index (κ1) is 24.0. The number of ether oxygens (including phenoxy) is 1. The zero-order valence-corrected chi connectivity index (χ0v) is 19.3. The summed E-state index contributed by atoms with van der Waals surface area (Å²) in [5, 5.41) is 14.6. The van der Waals surface area contributed by atoms with Crippen molar-refractivity contribution in [1.82, 2.24) is 10.6 Å². The van der Waals surface area contributed by atoms with E-state index in [2.05, 4.69) is 34.9 Å². The van der Waals surface area contributed by atoms with Gasteiger partial charge in [0.1, 0.15) is 6.61 Å². The van der Waals surface area contributed by atoms with Gasteiger partial charge in [-0.05, 0) is 34.2 Å². The average Bonchev–Trinajstić information content (AvgIpc) is 3.19. The van der Waals surface area contributed by atoms with Gasteiger partial charge in [-0.2, -0.15) is 0 Å². The summed E-state index contributed by atoms with van der Waals surface area (Å²) in [5.41, 5.74) is 5.36. The number of benzene rings is 3. The molecule has 0 bridgehead atoms. The molecule has 1 unspecified atom stereocenters. The third kappa shape index (κ3) is 6.06. The Kier molecular flexibility index (Phi) is 7.77. The van der Waals surface area contributed by atoms with Gasteiger partial charge in [-0.25, -0.2) is 4.79 Å². The fourth-order valence-corrected chi connectivity index (χ4v) is 4.47. The van der Waals surface area contributed by atoms with Crippen LogP contribution < -0.4 is 10.6 Å². The van der Waals surface area contributed by atoms with Crippen molar-refractivity contribution in [2.75, 3.05) is 13.2 Å². The second-order valence-electron chi connectivity index (χ2n) is 8.48. The third-order valence-corrected chi connectivity index (χ3v) is 6.11. The van der Waals surface area contributed by atoms with E-state index < -0.39 is 18.1 Å². The number of rotatable bonds is 10. The molecule has 0 heterocycles. The van der Waals surface area contributed by atoms with Crippen LogP contribution in [0.25, 0.3) is 11.1 Å². The summed E-state index contributed by atoms with van der Waals surface area (Å²) in [5.74, 6) is -1.27. The Labute approximate surface area is 204 Å². The van der Waals surface area contributed by atoms with Gasteiger partial charge in [-0.3, -0.25) is 9.59 Å². The number of aliphatic carboxylic acids is 1. The van der Waals surface area contributed by atoms with Crippen molar-refractivity contribution in [2.24, 2.45) is 0 Å². The molecule has 35 heavy (non-hydrogen) atoms. The van der Waals surface area contributed by atoms with Crippen molar-refractivity contribution >= 4 is 18.0 Å². The van der Waals surface area contributed by atoms with E-state index in [1.54, 1.807) is 24.3 Å². The maximum absolute atomic E-state index is 12.3. The van der Waals surface area contributed by atoms with Crippen LogP contribution in [0.1, 0.15) is 47.9 Å². The quantitative estimate of drug-likeness (QED) is 0.373. The lowest BCUT2D eigenvalue weighted by molar-refractivity contribution is -0.137. The SMILES string of the molecule is O=C(O)CC(NC(=O)CCCNC(=O)OCC1c2ccccc2-c2ccccc21)c1ccccc1. The van der Waals surface area contributed by atoms with Gasteiger partial charge in [0.15, 0.2) is 0 Å². The van der Waals surface area contributed by atoms with Crippen LogP contribution in [0, 0.1) is 0 Å². The first-order valence-electron chi connectivity index (χ1n) is 11.7. The lowest BCUT2D eigenvalue weighted by Crippen LogP contribution is -2.31. The van der Waals surface area contributed by atoms with E-state index in [1.807, 2.05) is 30.3 Å². The highest BCUT2D eigenvalue weighted by atomic mass is 16.5. The molecule has 0 aromatic heterocycles. The first-order chi connectivity index (χ1) is 17.0. The van der Waals surface area contributed by atoms with Gasteiger partial charge in [0.05, 0.1) is 12.5 Å². The number of carboxylic acids is 1. The highest BCUT2D eigenvalue weighted by Crippen LogP contribution is 2.44. The molecule has 2 amide bonds. The van der Waals surface area contributed by atoms with Crippen molar-refractivity contribution in [3.63, 3.8) is 0 Å². The summed E-state index contributed by atoms with van der Waals surface area (Å²) >= 11 is 0. The summed E-state index contributed by atoms with van der Waals surface area (Å²) in [7, 11) is 0. The molecule has 0 radical (unpaired) electrons. The van der Waals surface area contributed by atoms with Crippen LogP contribution in [-0.2, 0) is 14.3 Å². The molecule has 1 aliphatic rings. The summed E-state index contributed by atoms with van der Waals surface area (Å²) in [6, 6.07) is 24.7. The van der Waals surface area contributed by atoms with Crippen molar-refractivity contribution in [1.29, 1.82) is 0 Å². The van der Waals surface area contributed by atoms with E-state index in [-0.39, 0.29) is 37.8 Å². The van der Waals surface area contributed by atoms with E-state index in [0.717, 1.165) is 16.7 Å². The normalized spacial score (nSPS) is 12.8. The molecule has 1 atom stereocenters. The van der Waals surface area contributed by atoms with Crippen LogP contribution in [0.3, 0.4) is 0 Å². The van der Waals surface area contributed by atoms with Crippen LogP contribution in [0.2, 0.25) is 0 Å². The number of amides is 2. The summed E-state index contributed by atoms with van der Waals surface area (Å²) in [6.45, 7) is 0.507. The number of carbonyl (C=O) groups excluding carboxylic acids is 2. The minimum atomic E-state index is -0.990. The number of alkyl carbamates (subject to hydrolysis) is 1. The zero-order chi connectivity index (χ0) is 24.6. The second-order valence-corrected chi connectivity index (χ2v) is 8.48. The average molecular weight is 473 g/mol. The molecule has 3 aromatic carbocycles. The highest BCUT2D eigenvalue weighted by Gasteiger charge is 2.29. The van der Waals surface area contributed by atoms with Gasteiger partial charge in [0.2, 0.25) is 5.91 Å². The first-order valence-corrected chi connectivity index (χ1v) is 11.7. The maximum atomic E-state index is 12.3. The molecular weight excluding hydrogens is 444 g/mol. The van der Waals surface area contributed by atoms with Gasteiger partial charge in [0.25, 0.3) is 0 Å². The van der Waals surface area contributed by atoms with E-state index in [0.29, 0.717) is 6.42 Å². The number of nitrogens with one attached hydrogen (secondary N) is 2. The van der Waals surface area contributed by atoms with Crippen molar-refractivity contribution < 1.29 is 24.2 Å². The Morgan fingerprint density at radius 1 is 0.857 bits per heavy atom. The van der Waals surface area contributed by atoms with Gasteiger partial charge in [-0.15, -0.1) is 0 Å². The van der Waals surface area contributed by atoms with Gasteiger partial charge in [0, 0.05) is 18.9 Å². The van der Waals surface area contributed by atoms with E-state index >= 15 is 0 Å². The van der Waals surface area contributed by atoms with Crippen LogP contribution in [0.4, 0.5) is 4.79 Å². The topological polar surface area (TPSA) is 105 Å². The Bertz CT molecular complexity index is 1150. The number of fused-ring (bicyclic) bond motifs is 3. The molecule has 0 saturated carbocycles. The highest BCUT2D eigenvalue weighted by molar-refractivity contribution is 5.79. The fourth-order valence-electron chi connectivity index (χ4n) is 4.47. The van der Waals surface area contributed by atoms with Crippen LogP contribution in [-0.4, -0.2) is 36.2 Å². The molecule has 0 saturated heterocycles. The summed E-state index contributed by atoms with van der Waals surface area (Å²) < 4.78 is 5.50. The molecule has 180 valence electrons. The summed E-state index contributed by atoms with van der Waals surface area (Å²) in [4.78, 5) is 35.8. The molecule has 7 heteroatoms. The largest absolute Gasteiger partial charge is 0.481 e. The van der Waals surface area contributed by atoms with Crippen molar-refractivity contribution in [3.05, 3.63) is 95.6 Å². The van der Waals surface area contributed by atoms with Crippen LogP contribution in [0.5, 0.6) is 0 Å². The smallest absolute Gasteiger partial charge is 0.407 e. The Hall–Kier alpha value is -4.13. The molecule has 3 N–H and O–H groups in total. The molecule has 1 aliphatic carbocycles. The Morgan fingerprint density at radius 3 is 2.09 bits per heavy atom. The molecule has 0 spiro atoms. The number of hydrogen-bond acceptors (Lipinski definition) is 4. The molecule has 0 fully saturated rings. The number of carboxylic acid groups (broad SMARTS) is 1. The Balaban J connectivity index is 1.22.